The van der Waals surface area contributed by atoms with E-state index < -0.39 is 23.8 Å². The lowest BCUT2D eigenvalue weighted by molar-refractivity contribution is -0.142. The number of aromatic nitrogens is 2. The lowest BCUT2D eigenvalue weighted by Crippen LogP contribution is -2.22. The van der Waals surface area contributed by atoms with Crippen LogP contribution in [0.3, 0.4) is 0 Å². The van der Waals surface area contributed by atoms with E-state index in [1.54, 1.807) is 31.5 Å². The highest BCUT2D eigenvalue weighted by molar-refractivity contribution is 5.71. The Hall–Kier alpha value is -3.48. The molecule has 1 fully saturated rings. The molecule has 0 amide bonds. The molecule has 7 heteroatoms. The van der Waals surface area contributed by atoms with Crippen molar-refractivity contribution in [1.82, 2.24) is 9.97 Å². The number of rotatable bonds is 7. The van der Waals surface area contributed by atoms with Crippen LogP contribution in [0.4, 0.5) is 4.39 Å². The summed E-state index contributed by atoms with van der Waals surface area (Å²) < 4.78 is 26.5. The molecule has 1 unspecified atom stereocenters. The van der Waals surface area contributed by atoms with E-state index in [9.17, 15) is 9.90 Å². The highest BCUT2D eigenvalue weighted by Crippen LogP contribution is 2.48. The quantitative estimate of drug-likeness (QED) is 0.494. The molecule has 1 aliphatic heterocycles. The second-order valence-corrected chi connectivity index (χ2v) is 9.18. The molecule has 0 spiro atoms. The lowest BCUT2D eigenvalue weighted by Gasteiger charge is -2.28. The highest BCUT2D eigenvalue weighted by atomic mass is 19.1. The predicted molar refractivity (Wildman–Crippen MR) is 124 cm³/mol. The second kappa shape index (κ2) is 9.05. The first kappa shape index (κ1) is 22.3. The zero-order valence-electron chi connectivity index (χ0n) is 19.2. The first-order valence-electron chi connectivity index (χ1n) is 11.6. The molecule has 1 saturated carbocycles. The molecule has 5 rings (SSSR count). The number of benzene rings is 1. The molecular formula is C27H27FN2O4. The van der Waals surface area contributed by atoms with Crippen molar-refractivity contribution in [1.29, 1.82) is 0 Å². The van der Waals surface area contributed by atoms with Gasteiger partial charge in [0, 0.05) is 24.0 Å². The van der Waals surface area contributed by atoms with Crippen LogP contribution in [0, 0.1) is 17.7 Å². The van der Waals surface area contributed by atoms with Gasteiger partial charge >= 0.3 is 5.97 Å². The summed E-state index contributed by atoms with van der Waals surface area (Å²) in [5.74, 6) is -0.184. The van der Waals surface area contributed by atoms with Crippen molar-refractivity contribution in [3.05, 3.63) is 71.4 Å². The van der Waals surface area contributed by atoms with Crippen LogP contribution in [0.25, 0.3) is 11.1 Å². The van der Waals surface area contributed by atoms with Crippen LogP contribution in [0.2, 0.25) is 0 Å². The number of carboxylic acids is 1. The molecule has 1 aromatic carbocycles. The van der Waals surface area contributed by atoms with Gasteiger partial charge < -0.3 is 14.6 Å². The molecule has 0 saturated heterocycles. The van der Waals surface area contributed by atoms with Gasteiger partial charge in [0.05, 0.1) is 13.0 Å². The van der Waals surface area contributed by atoms with Gasteiger partial charge in [-0.2, -0.15) is 0 Å². The molecule has 34 heavy (non-hydrogen) atoms. The van der Waals surface area contributed by atoms with Crippen LogP contribution in [-0.2, 0) is 11.2 Å². The highest BCUT2D eigenvalue weighted by Gasteiger charge is 2.39. The largest absolute Gasteiger partial charge is 0.484 e. The Morgan fingerprint density at radius 2 is 1.97 bits per heavy atom. The summed E-state index contributed by atoms with van der Waals surface area (Å²) in [6.07, 6.45) is 6.21. The number of pyridine rings is 2. The Morgan fingerprint density at radius 1 is 1.15 bits per heavy atom. The zero-order valence-corrected chi connectivity index (χ0v) is 19.2. The van der Waals surface area contributed by atoms with Crippen molar-refractivity contribution in [2.24, 2.45) is 11.8 Å². The van der Waals surface area contributed by atoms with Gasteiger partial charge in [0.1, 0.15) is 23.4 Å². The number of fused-ring (bicyclic) bond motifs is 1. The van der Waals surface area contributed by atoms with E-state index in [0.717, 1.165) is 36.0 Å². The van der Waals surface area contributed by atoms with Gasteiger partial charge in [-0.15, -0.1) is 0 Å². The van der Waals surface area contributed by atoms with Crippen molar-refractivity contribution >= 4 is 5.97 Å². The second-order valence-electron chi connectivity index (χ2n) is 9.18. The number of aliphatic carboxylic acids is 1. The third-order valence-corrected chi connectivity index (χ3v) is 6.93. The van der Waals surface area contributed by atoms with Crippen LogP contribution >= 0.6 is 0 Å². The van der Waals surface area contributed by atoms with Gasteiger partial charge in [0.15, 0.2) is 0 Å². The Kier molecular flexibility index (Phi) is 5.94. The average Bonchev–Trinajstić information content (AvgIpc) is 3.68. The number of carboxylic acid groups (broad SMARTS) is 1. The van der Waals surface area contributed by atoms with E-state index in [2.05, 4.69) is 9.97 Å². The first-order valence-corrected chi connectivity index (χ1v) is 11.6. The summed E-state index contributed by atoms with van der Waals surface area (Å²) in [5.41, 5.74) is 3.71. The fraction of sp³-hybridized carbons (Fsp3) is 0.370. The smallest absolute Gasteiger partial charge is 0.306 e. The maximum atomic E-state index is 15.1. The number of halogens is 1. The number of hydrogen-bond donors (Lipinski definition) is 1. The fourth-order valence-corrected chi connectivity index (χ4v) is 4.91. The topological polar surface area (TPSA) is 81.5 Å². The van der Waals surface area contributed by atoms with Gasteiger partial charge in [0.2, 0.25) is 5.88 Å². The Labute approximate surface area is 197 Å². The standard InChI is InChI=1S/C27H27FN2O4/c1-15(27(31)32)25(17-4-5-17)19-6-3-16-7-8-22(34-23(16)12-19)26-21(28)11-20(14-30-26)18-9-10-29-24(13-18)33-2/h3,6,9-15,17,22,25H,4-5,7-8H2,1-2H3,(H,31,32)/t15-,22?,25-/m0/s1. The normalized spacial score (nSPS) is 19.0. The van der Waals surface area contributed by atoms with Crippen molar-refractivity contribution in [2.75, 3.05) is 7.11 Å². The van der Waals surface area contributed by atoms with E-state index in [-0.39, 0.29) is 11.6 Å². The average molecular weight is 463 g/mol. The van der Waals surface area contributed by atoms with Crippen LogP contribution in [0.15, 0.2) is 48.8 Å². The molecule has 176 valence electrons. The van der Waals surface area contributed by atoms with E-state index in [4.69, 9.17) is 9.47 Å². The minimum absolute atomic E-state index is 0.0433. The summed E-state index contributed by atoms with van der Waals surface area (Å²) >= 11 is 0. The van der Waals surface area contributed by atoms with Crippen LogP contribution in [-0.4, -0.2) is 28.2 Å². The van der Waals surface area contributed by atoms with Crippen molar-refractivity contribution < 1.29 is 23.8 Å². The predicted octanol–water partition coefficient (Wildman–Crippen LogP) is 5.57. The number of carbonyl (C=O) groups is 1. The number of hydrogen-bond acceptors (Lipinski definition) is 5. The van der Waals surface area contributed by atoms with E-state index in [1.165, 1.54) is 13.2 Å². The SMILES string of the molecule is COc1cc(-c2cnc(C3CCc4ccc([C@H](C5CC5)[C@H](C)C(=O)O)cc4O3)c(F)c2)ccn1. The third-order valence-electron chi connectivity index (χ3n) is 6.93. The van der Waals surface area contributed by atoms with E-state index in [0.29, 0.717) is 29.5 Å². The molecule has 3 heterocycles. The van der Waals surface area contributed by atoms with Crippen LogP contribution in [0.5, 0.6) is 11.6 Å². The minimum atomic E-state index is -0.786. The van der Waals surface area contributed by atoms with Crippen LogP contribution < -0.4 is 9.47 Å². The monoisotopic (exact) mass is 462 g/mol. The molecule has 3 aromatic rings. The Bertz CT molecular complexity index is 1230. The van der Waals surface area contributed by atoms with Gasteiger partial charge in [-0.3, -0.25) is 9.78 Å². The third kappa shape index (κ3) is 4.34. The van der Waals surface area contributed by atoms with Gasteiger partial charge in [0.25, 0.3) is 0 Å². The minimum Gasteiger partial charge on any atom is -0.484 e. The zero-order chi connectivity index (χ0) is 23.8. The van der Waals surface area contributed by atoms with E-state index in [1.807, 2.05) is 18.2 Å². The molecular weight excluding hydrogens is 435 g/mol. The van der Waals surface area contributed by atoms with Crippen molar-refractivity contribution in [3.8, 4) is 22.8 Å². The van der Waals surface area contributed by atoms with Crippen molar-refractivity contribution in [3.63, 3.8) is 0 Å². The van der Waals surface area contributed by atoms with Gasteiger partial charge in [-0.25, -0.2) is 9.37 Å². The molecule has 2 aliphatic rings. The number of aryl methyl sites for hydroxylation is 1. The fourth-order valence-electron chi connectivity index (χ4n) is 4.91. The summed E-state index contributed by atoms with van der Waals surface area (Å²) in [6.45, 7) is 1.77. The summed E-state index contributed by atoms with van der Waals surface area (Å²) in [6, 6.07) is 11.0. The number of methoxy groups -OCH3 is 1. The first-order chi connectivity index (χ1) is 16.4. The molecule has 0 bridgehead atoms. The Balaban J connectivity index is 1.40. The maximum absolute atomic E-state index is 15.1. The number of nitrogens with zero attached hydrogens (tertiary/aromatic N) is 2. The summed E-state index contributed by atoms with van der Waals surface area (Å²) in [4.78, 5) is 20.2. The van der Waals surface area contributed by atoms with Crippen molar-refractivity contribution in [2.45, 2.75) is 44.6 Å². The molecule has 1 N–H and O–H groups in total. The maximum Gasteiger partial charge on any atom is 0.306 e. The van der Waals surface area contributed by atoms with Crippen LogP contribution in [0.1, 0.15) is 55.0 Å². The molecule has 0 radical (unpaired) electrons. The Morgan fingerprint density at radius 3 is 2.68 bits per heavy atom. The number of ether oxygens (including phenoxy) is 2. The molecule has 3 atom stereocenters. The lowest BCUT2D eigenvalue weighted by atomic mass is 9.82. The summed E-state index contributed by atoms with van der Waals surface area (Å²) in [5, 5.41) is 9.59. The van der Waals surface area contributed by atoms with Gasteiger partial charge in [-0.05, 0) is 72.4 Å². The van der Waals surface area contributed by atoms with E-state index >= 15 is 4.39 Å². The summed E-state index contributed by atoms with van der Waals surface area (Å²) in [7, 11) is 1.53. The molecule has 2 aromatic heterocycles. The molecule has 1 aliphatic carbocycles. The van der Waals surface area contributed by atoms with Gasteiger partial charge in [-0.1, -0.05) is 19.1 Å². The molecule has 6 nitrogen and oxygen atoms in total.